The number of methoxy groups -OCH3 is 1. The van der Waals surface area contributed by atoms with Crippen molar-refractivity contribution in [2.75, 3.05) is 33.5 Å². The van der Waals surface area contributed by atoms with Crippen molar-refractivity contribution < 1.29 is 27.8 Å². The smallest absolute Gasteiger partial charge is 0.257 e. The first kappa shape index (κ1) is 22.0. The van der Waals surface area contributed by atoms with Gasteiger partial charge in [-0.25, -0.2) is 8.78 Å². The first-order valence-electron chi connectivity index (χ1n) is 8.47. The van der Waals surface area contributed by atoms with Crippen molar-refractivity contribution >= 4 is 11.8 Å². The zero-order valence-corrected chi connectivity index (χ0v) is 15.3. The molecule has 0 aliphatic rings. The number of carbonyl (C=O) groups excluding carboxylic acids is 2. The van der Waals surface area contributed by atoms with E-state index in [0.29, 0.717) is 32.8 Å². The van der Waals surface area contributed by atoms with Crippen LogP contribution in [0, 0.1) is 17.6 Å². The first-order valence-corrected chi connectivity index (χ1v) is 8.47. The number of hydrogen-bond acceptors (Lipinski definition) is 4. The third-order valence-corrected chi connectivity index (χ3v) is 3.62. The molecule has 8 heteroatoms. The normalized spacial score (nSPS) is 12.1. The first-order chi connectivity index (χ1) is 12.4. The highest BCUT2D eigenvalue weighted by Crippen LogP contribution is 2.13. The van der Waals surface area contributed by atoms with E-state index in [1.54, 1.807) is 21.0 Å². The molecule has 0 saturated heterocycles. The van der Waals surface area contributed by atoms with E-state index in [-0.39, 0.29) is 5.92 Å². The van der Waals surface area contributed by atoms with Crippen molar-refractivity contribution in [3.8, 4) is 0 Å². The third kappa shape index (κ3) is 7.05. The zero-order chi connectivity index (χ0) is 19.5. The van der Waals surface area contributed by atoms with E-state index in [2.05, 4.69) is 10.6 Å². The fourth-order valence-corrected chi connectivity index (χ4v) is 2.20. The summed E-state index contributed by atoms with van der Waals surface area (Å²) in [4.78, 5) is 24.5. The molecular formula is C18H26F2N2O4. The largest absolute Gasteiger partial charge is 0.382 e. The van der Waals surface area contributed by atoms with E-state index >= 15 is 0 Å². The van der Waals surface area contributed by atoms with Gasteiger partial charge in [0.05, 0.1) is 13.2 Å². The van der Waals surface area contributed by atoms with Gasteiger partial charge >= 0.3 is 0 Å². The Morgan fingerprint density at radius 3 is 2.35 bits per heavy atom. The number of hydrogen-bond donors (Lipinski definition) is 2. The minimum atomic E-state index is -0.973. The molecule has 2 N–H and O–H groups in total. The molecule has 6 nitrogen and oxygen atoms in total. The molecule has 1 aromatic carbocycles. The van der Waals surface area contributed by atoms with Crippen LogP contribution in [0.4, 0.5) is 8.78 Å². The van der Waals surface area contributed by atoms with Gasteiger partial charge in [-0.05, 0) is 24.5 Å². The molecule has 2 amide bonds. The molecule has 0 aliphatic heterocycles. The van der Waals surface area contributed by atoms with E-state index in [9.17, 15) is 18.4 Å². The van der Waals surface area contributed by atoms with Crippen LogP contribution in [0.3, 0.4) is 0 Å². The monoisotopic (exact) mass is 372 g/mol. The second-order valence-electron chi connectivity index (χ2n) is 6.04. The molecule has 0 fully saturated rings. The van der Waals surface area contributed by atoms with Crippen molar-refractivity contribution in [2.24, 2.45) is 5.92 Å². The SMILES string of the molecule is COCCOCCCNC(=O)[C@@H](NC(=O)c1c(F)cccc1F)C(C)C. The third-order valence-electron chi connectivity index (χ3n) is 3.62. The van der Waals surface area contributed by atoms with Crippen molar-refractivity contribution in [1.82, 2.24) is 10.6 Å². The number of carbonyl (C=O) groups is 2. The molecule has 0 radical (unpaired) electrons. The van der Waals surface area contributed by atoms with E-state index in [1.807, 2.05) is 0 Å². The predicted molar refractivity (Wildman–Crippen MR) is 92.8 cm³/mol. The second-order valence-corrected chi connectivity index (χ2v) is 6.04. The van der Waals surface area contributed by atoms with Gasteiger partial charge in [-0.15, -0.1) is 0 Å². The fraction of sp³-hybridized carbons (Fsp3) is 0.556. The molecule has 0 unspecified atom stereocenters. The molecule has 0 aromatic heterocycles. The topological polar surface area (TPSA) is 76.7 Å². The molecule has 0 saturated carbocycles. The van der Waals surface area contributed by atoms with Gasteiger partial charge in [0.25, 0.3) is 5.91 Å². The Morgan fingerprint density at radius 1 is 1.12 bits per heavy atom. The summed E-state index contributed by atoms with van der Waals surface area (Å²) in [7, 11) is 1.58. The van der Waals surface area contributed by atoms with Gasteiger partial charge in [0.2, 0.25) is 5.91 Å². The van der Waals surface area contributed by atoms with E-state index in [4.69, 9.17) is 9.47 Å². The van der Waals surface area contributed by atoms with Crippen LogP contribution in [-0.4, -0.2) is 51.3 Å². The molecule has 0 heterocycles. The second kappa shape index (κ2) is 11.5. The van der Waals surface area contributed by atoms with Crippen LogP contribution in [0.1, 0.15) is 30.6 Å². The maximum atomic E-state index is 13.7. The lowest BCUT2D eigenvalue weighted by molar-refractivity contribution is -0.124. The van der Waals surface area contributed by atoms with Gasteiger partial charge < -0.3 is 20.1 Å². The highest BCUT2D eigenvalue weighted by molar-refractivity contribution is 5.98. The van der Waals surface area contributed by atoms with Gasteiger partial charge in [-0.1, -0.05) is 19.9 Å². The zero-order valence-electron chi connectivity index (χ0n) is 15.3. The van der Waals surface area contributed by atoms with Gasteiger partial charge in [-0.2, -0.15) is 0 Å². The number of halogens is 2. The molecule has 0 spiro atoms. The standard InChI is InChI=1S/C18H26F2N2O4/c1-12(2)16(18(24)21-8-5-9-26-11-10-25-3)22-17(23)15-13(19)6-4-7-14(15)20/h4,6-7,12,16H,5,8-11H2,1-3H3,(H,21,24)(H,22,23)/t16-/m0/s1. The summed E-state index contributed by atoms with van der Waals surface area (Å²) in [6.07, 6.45) is 0.593. The minimum Gasteiger partial charge on any atom is -0.382 e. The van der Waals surface area contributed by atoms with E-state index in [0.717, 1.165) is 12.1 Å². The Morgan fingerprint density at radius 2 is 1.77 bits per heavy atom. The number of rotatable bonds is 11. The predicted octanol–water partition coefficient (Wildman–Crippen LogP) is 1.89. The highest BCUT2D eigenvalue weighted by Gasteiger charge is 2.26. The molecule has 146 valence electrons. The molecular weight excluding hydrogens is 346 g/mol. The van der Waals surface area contributed by atoms with Gasteiger partial charge in [0, 0.05) is 20.3 Å². The summed E-state index contributed by atoms with van der Waals surface area (Å²) in [5.41, 5.74) is -0.697. The van der Waals surface area contributed by atoms with E-state index in [1.165, 1.54) is 6.07 Å². The lowest BCUT2D eigenvalue weighted by Crippen LogP contribution is -2.50. The minimum absolute atomic E-state index is 0.258. The molecule has 1 aromatic rings. The van der Waals surface area contributed by atoms with Crippen LogP contribution in [-0.2, 0) is 14.3 Å². The average Bonchev–Trinajstić information content (AvgIpc) is 2.58. The molecule has 0 bridgehead atoms. The molecule has 1 atom stereocenters. The van der Waals surface area contributed by atoms with Crippen LogP contribution in [0.5, 0.6) is 0 Å². The van der Waals surface area contributed by atoms with Crippen LogP contribution in [0.25, 0.3) is 0 Å². The maximum absolute atomic E-state index is 13.7. The Kier molecular flexibility index (Phi) is 9.75. The number of nitrogens with one attached hydrogen (secondary N) is 2. The molecule has 1 rings (SSSR count). The summed E-state index contributed by atoms with van der Waals surface area (Å²) >= 11 is 0. The molecule has 0 aliphatic carbocycles. The highest BCUT2D eigenvalue weighted by atomic mass is 19.1. The van der Waals surface area contributed by atoms with Crippen molar-refractivity contribution in [3.63, 3.8) is 0 Å². The maximum Gasteiger partial charge on any atom is 0.257 e. The summed E-state index contributed by atoms with van der Waals surface area (Å²) in [5, 5.41) is 5.09. The summed E-state index contributed by atoms with van der Waals surface area (Å²) in [6.45, 7) is 5.26. The Bertz CT molecular complexity index is 576. The van der Waals surface area contributed by atoms with Crippen molar-refractivity contribution in [1.29, 1.82) is 0 Å². The van der Waals surface area contributed by atoms with Crippen LogP contribution >= 0.6 is 0 Å². The number of benzene rings is 1. The summed E-state index contributed by atoms with van der Waals surface area (Å²) in [6, 6.07) is 2.25. The fourth-order valence-electron chi connectivity index (χ4n) is 2.20. The number of amides is 2. The summed E-state index contributed by atoms with van der Waals surface area (Å²) in [5.74, 6) is -3.58. The van der Waals surface area contributed by atoms with Crippen LogP contribution in [0.2, 0.25) is 0 Å². The average molecular weight is 372 g/mol. The van der Waals surface area contributed by atoms with Crippen LogP contribution < -0.4 is 10.6 Å². The van der Waals surface area contributed by atoms with Crippen LogP contribution in [0.15, 0.2) is 18.2 Å². The lowest BCUT2D eigenvalue weighted by Gasteiger charge is -2.22. The Labute approximate surface area is 152 Å². The van der Waals surface area contributed by atoms with Gasteiger partial charge in [-0.3, -0.25) is 9.59 Å². The quantitative estimate of drug-likeness (QED) is 0.582. The van der Waals surface area contributed by atoms with Crippen molar-refractivity contribution in [3.05, 3.63) is 35.4 Å². The van der Waals surface area contributed by atoms with E-state index < -0.39 is 35.1 Å². The Balaban J connectivity index is 2.55. The number of ether oxygens (including phenoxy) is 2. The van der Waals surface area contributed by atoms with Crippen molar-refractivity contribution in [2.45, 2.75) is 26.3 Å². The summed E-state index contributed by atoms with van der Waals surface area (Å²) < 4.78 is 37.5. The molecule has 26 heavy (non-hydrogen) atoms. The van der Waals surface area contributed by atoms with Gasteiger partial charge in [0.15, 0.2) is 0 Å². The van der Waals surface area contributed by atoms with Gasteiger partial charge in [0.1, 0.15) is 23.2 Å². The lowest BCUT2D eigenvalue weighted by atomic mass is 10.0. The Hall–Kier alpha value is -2.06.